The highest BCUT2D eigenvalue weighted by molar-refractivity contribution is 9.10. The Balaban J connectivity index is 2.95. The van der Waals surface area contributed by atoms with Gasteiger partial charge in [-0.05, 0) is 22.0 Å². The Labute approximate surface area is 86.1 Å². The van der Waals surface area contributed by atoms with Crippen molar-refractivity contribution in [2.24, 2.45) is 0 Å². The van der Waals surface area contributed by atoms with Crippen LogP contribution < -0.4 is 5.69 Å². The van der Waals surface area contributed by atoms with E-state index in [4.69, 9.17) is 11.6 Å². The van der Waals surface area contributed by atoms with Gasteiger partial charge in [0.05, 0.1) is 11.7 Å². The summed E-state index contributed by atoms with van der Waals surface area (Å²) in [5, 5.41) is 0.355. The van der Waals surface area contributed by atoms with Gasteiger partial charge in [0.2, 0.25) is 0 Å². The van der Waals surface area contributed by atoms with Crippen molar-refractivity contribution in [1.29, 1.82) is 0 Å². The van der Waals surface area contributed by atoms with E-state index in [0.717, 1.165) is 0 Å². The summed E-state index contributed by atoms with van der Waals surface area (Å²) < 4.78 is 0.696. The zero-order valence-electron chi connectivity index (χ0n) is 6.21. The Morgan fingerprint density at radius 1 is 1.54 bits per heavy atom. The van der Waals surface area contributed by atoms with Crippen LogP contribution in [0.3, 0.4) is 0 Å². The Kier molecular flexibility index (Phi) is 2.05. The summed E-state index contributed by atoms with van der Waals surface area (Å²) in [7, 11) is 0. The predicted molar refractivity (Wildman–Crippen MR) is 52.9 cm³/mol. The smallest absolute Gasteiger partial charge is 0.303 e. The highest BCUT2D eigenvalue weighted by Gasteiger charge is 2.03. The average molecular weight is 260 g/mol. The van der Waals surface area contributed by atoms with E-state index in [1.165, 1.54) is 6.20 Å². The normalized spacial score (nSPS) is 10.6. The monoisotopic (exact) mass is 259 g/mol. The summed E-state index contributed by atoms with van der Waals surface area (Å²) in [4.78, 5) is 20.9. The van der Waals surface area contributed by atoms with Crippen molar-refractivity contribution >= 4 is 38.6 Å². The van der Waals surface area contributed by atoms with Crippen molar-refractivity contribution in [2.45, 2.75) is 0 Å². The zero-order valence-corrected chi connectivity index (χ0v) is 8.56. The van der Waals surface area contributed by atoms with Crippen LogP contribution in [0.25, 0.3) is 11.0 Å². The van der Waals surface area contributed by atoms with Gasteiger partial charge in [-0.25, -0.2) is 9.78 Å². The molecule has 0 aliphatic rings. The summed E-state index contributed by atoms with van der Waals surface area (Å²) in [5.41, 5.74) is 0.751. The van der Waals surface area contributed by atoms with Crippen LogP contribution in [0, 0.1) is 0 Å². The van der Waals surface area contributed by atoms with E-state index >= 15 is 0 Å². The van der Waals surface area contributed by atoms with Gasteiger partial charge < -0.3 is 4.98 Å². The number of nitrogens with zero attached hydrogens (tertiary/aromatic N) is 2. The number of aromatic nitrogens is 3. The van der Waals surface area contributed by atoms with Gasteiger partial charge in [-0.15, -0.1) is 0 Å². The third kappa shape index (κ3) is 1.57. The van der Waals surface area contributed by atoms with Gasteiger partial charge in [-0.3, -0.25) is 0 Å². The van der Waals surface area contributed by atoms with Crippen LogP contribution in [0.15, 0.2) is 21.5 Å². The van der Waals surface area contributed by atoms with E-state index in [1.807, 2.05) is 0 Å². The van der Waals surface area contributed by atoms with Gasteiger partial charge in [0.15, 0.2) is 0 Å². The molecule has 0 aromatic carbocycles. The fourth-order valence-electron chi connectivity index (χ4n) is 0.978. The van der Waals surface area contributed by atoms with Crippen molar-refractivity contribution in [1.82, 2.24) is 15.0 Å². The third-order valence-electron chi connectivity index (χ3n) is 1.50. The lowest BCUT2D eigenvalue weighted by Crippen LogP contribution is -2.09. The van der Waals surface area contributed by atoms with Crippen molar-refractivity contribution in [2.75, 3.05) is 0 Å². The minimum atomic E-state index is -0.405. The SMILES string of the molecule is O=c1ncc2nc(Cl)cc(Br)c2[nH]1. The van der Waals surface area contributed by atoms with Crippen molar-refractivity contribution in [3.8, 4) is 0 Å². The van der Waals surface area contributed by atoms with Gasteiger partial charge in [0, 0.05) is 4.47 Å². The van der Waals surface area contributed by atoms with Gasteiger partial charge >= 0.3 is 5.69 Å². The lowest BCUT2D eigenvalue weighted by atomic mass is 10.4. The Bertz CT molecular complexity index is 525. The predicted octanol–water partition coefficient (Wildman–Crippen LogP) is 1.73. The van der Waals surface area contributed by atoms with Crippen molar-refractivity contribution in [3.05, 3.63) is 32.4 Å². The van der Waals surface area contributed by atoms with E-state index in [2.05, 4.69) is 30.9 Å². The lowest BCUT2D eigenvalue weighted by molar-refractivity contribution is 1.10. The number of hydrogen-bond acceptors (Lipinski definition) is 3. The standard InChI is InChI=1S/C7H3BrClN3O/c8-3-1-5(9)11-4-2-10-7(13)12-6(3)4/h1-2H,(H,10,12,13). The Morgan fingerprint density at radius 2 is 2.31 bits per heavy atom. The summed E-state index contributed by atoms with van der Waals surface area (Å²) in [6.45, 7) is 0. The maximum absolute atomic E-state index is 10.9. The van der Waals surface area contributed by atoms with Crippen LogP contribution in [0.1, 0.15) is 0 Å². The van der Waals surface area contributed by atoms with Gasteiger partial charge in [-0.2, -0.15) is 4.98 Å². The minimum Gasteiger partial charge on any atom is -0.303 e. The van der Waals surface area contributed by atoms with Crippen LogP contribution >= 0.6 is 27.5 Å². The molecule has 1 N–H and O–H groups in total. The number of hydrogen-bond donors (Lipinski definition) is 1. The minimum absolute atomic E-state index is 0.355. The molecule has 2 aromatic heterocycles. The summed E-state index contributed by atoms with van der Waals surface area (Å²) in [6.07, 6.45) is 1.38. The third-order valence-corrected chi connectivity index (χ3v) is 2.32. The van der Waals surface area contributed by atoms with Crippen LogP contribution in [0.2, 0.25) is 5.15 Å². The number of H-pyrrole nitrogens is 1. The molecule has 0 amide bonds. The van der Waals surface area contributed by atoms with E-state index in [1.54, 1.807) is 6.07 Å². The summed E-state index contributed by atoms with van der Waals surface area (Å²) in [5.74, 6) is 0. The fraction of sp³-hybridized carbons (Fsp3) is 0. The number of nitrogens with one attached hydrogen (secondary N) is 1. The first-order valence-electron chi connectivity index (χ1n) is 3.38. The molecule has 6 heteroatoms. The van der Waals surface area contributed by atoms with E-state index in [0.29, 0.717) is 20.7 Å². The first-order valence-corrected chi connectivity index (χ1v) is 4.55. The van der Waals surface area contributed by atoms with Gasteiger partial charge in [0.1, 0.15) is 10.7 Å². The van der Waals surface area contributed by atoms with Gasteiger partial charge in [-0.1, -0.05) is 11.6 Å². The fourth-order valence-corrected chi connectivity index (χ4v) is 1.83. The number of aromatic amines is 1. The quantitative estimate of drug-likeness (QED) is 0.734. The molecule has 66 valence electrons. The lowest BCUT2D eigenvalue weighted by Gasteiger charge is -1.98. The molecule has 4 nitrogen and oxygen atoms in total. The number of halogens is 2. The molecule has 0 spiro atoms. The van der Waals surface area contributed by atoms with Crippen LogP contribution in [-0.4, -0.2) is 15.0 Å². The molecule has 0 radical (unpaired) electrons. The number of pyridine rings is 1. The van der Waals surface area contributed by atoms with E-state index < -0.39 is 5.69 Å². The second-order valence-electron chi connectivity index (χ2n) is 2.38. The molecule has 0 bridgehead atoms. The number of rotatable bonds is 0. The molecule has 0 fully saturated rings. The molecule has 13 heavy (non-hydrogen) atoms. The molecule has 2 heterocycles. The Hall–Kier alpha value is -0.940. The van der Waals surface area contributed by atoms with Crippen LogP contribution in [0.5, 0.6) is 0 Å². The summed E-state index contributed by atoms with van der Waals surface area (Å²) in [6, 6.07) is 1.61. The molecule has 0 aliphatic heterocycles. The summed E-state index contributed by atoms with van der Waals surface area (Å²) >= 11 is 8.96. The first kappa shape index (κ1) is 8.65. The van der Waals surface area contributed by atoms with E-state index in [9.17, 15) is 4.79 Å². The number of fused-ring (bicyclic) bond motifs is 1. The highest BCUT2D eigenvalue weighted by Crippen LogP contribution is 2.21. The van der Waals surface area contributed by atoms with Gasteiger partial charge in [0.25, 0.3) is 0 Å². The molecule has 0 atom stereocenters. The van der Waals surface area contributed by atoms with Crippen LogP contribution in [-0.2, 0) is 0 Å². The maximum Gasteiger partial charge on any atom is 0.345 e. The Morgan fingerprint density at radius 3 is 3.08 bits per heavy atom. The largest absolute Gasteiger partial charge is 0.345 e. The molecular formula is C7H3BrClN3O. The molecule has 2 rings (SSSR count). The van der Waals surface area contributed by atoms with Crippen molar-refractivity contribution < 1.29 is 0 Å². The molecule has 0 aliphatic carbocycles. The molecule has 2 aromatic rings. The molecule has 0 unspecified atom stereocenters. The molecular weight excluding hydrogens is 257 g/mol. The highest BCUT2D eigenvalue weighted by atomic mass is 79.9. The topological polar surface area (TPSA) is 58.6 Å². The zero-order chi connectivity index (χ0) is 9.42. The average Bonchev–Trinajstić information content (AvgIpc) is 2.06. The second-order valence-corrected chi connectivity index (χ2v) is 3.62. The maximum atomic E-state index is 10.9. The first-order chi connectivity index (χ1) is 6.16. The van der Waals surface area contributed by atoms with Crippen LogP contribution in [0.4, 0.5) is 0 Å². The molecule has 0 saturated carbocycles. The second kappa shape index (κ2) is 3.08. The van der Waals surface area contributed by atoms with Crippen molar-refractivity contribution in [3.63, 3.8) is 0 Å². The van der Waals surface area contributed by atoms with E-state index in [-0.39, 0.29) is 0 Å². The molecule has 0 saturated heterocycles.